The minimum Gasteiger partial charge on any atom is -0.345 e. The Kier molecular flexibility index (Phi) is 5.39. The monoisotopic (exact) mass is 358 g/mol. The summed E-state index contributed by atoms with van der Waals surface area (Å²) in [6, 6.07) is 1.30. The molecule has 0 bridgehead atoms. The Morgan fingerprint density at radius 1 is 1.35 bits per heavy atom. The van der Waals surface area contributed by atoms with E-state index in [0.717, 1.165) is 19.3 Å². The van der Waals surface area contributed by atoms with Gasteiger partial charge in [-0.1, -0.05) is 25.7 Å². The van der Waals surface area contributed by atoms with Crippen molar-refractivity contribution in [1.82, 2.24) is 24.5 Å². The summed E-state index contributed by atoms with van der Waals surface area (Å²) in [5.41, 5.74) is 0.483. The highest BCUT2D eigenvalue weighted by Crippen LogP contribution is 2.32. The van der Waals surface area contributed by atoms with Gasteiger partial charge in [0.1, 0.15) is 6.04 Å². The van der Waals surface area contributed by atoms with E-state index < -0.39 is 6.04 Å². The van der Waals surface area contributed by atoms with Gasteiger partial charge in [0.05, 0.1) is 11.8 Å². The number of carbonyl (C=O) groups excluding carboxylic acids is 2. The molecule has 8 heteroatoms. The van der Waals surface area contributed by atoms with E-state index in [2.05, 4.69) is 15.5 Å². The molecule has 2 amide bonds. The van der Waals surface area contributed by atoms with Crippen LogP contribution in [-0.4, -0.2) is 50.4 Å². The predicted octanol–water partition coefficient (Wildman–Crippen LogP) is 2.08. The van der Waals surface area contributed by atoms with Crippen LogP contribution in [0.25, 0.3) is 0 Å². The Bertz CT molecular complexity index is 772. The highest BCUT2D eigenvalue weighted by atomic mass is 16.2. The third-order valence-corrected chi connectivity index (χ3v) is 4.87. The Morgan fingerprint density at radius 2 is 2.08 bits per heavy atom. The molecule has 0 saturated heterocycles. The lowest BCUT2D eigenvalue weighted by Crippen LogP contribution is -2.28. The maximum absolute atomic E-state index is 12.9. The highest BCUT2D eigenvalue weighted by molar-refractivity contribution is 5.94. The van der Waals surface area contributed by atoms with Crippen molar-refractivity contribution in [2.75, 3.05) is 19.4 Å². The molecular weight excluding hydrogens is 332 g/mol. The molecule has 2 aromatic heterocycles. The van der Waals surface area contributed by atoms with E-state index in [1.807, 2.05) is 0 Å². The summed E-state index contributed by atoms with van der Waals surface area (Å²) in [6.45, 7) is 0. The number of nitrogens with one attached hydrogen (secondary N) is 1. The molecule has 0 spiro atoms. The molecule has 1 fully saturated rings. The van der Waals surface area contributed by atoms with Gasteiger partial charge in [0, 0.05) is 39.6 Å². The molecule has 3 rings (SSSR count). The first-order valence-corrected chi connectivity index (χ1v) is 9.00. The molecule has 1 saturated carbocycles. The fourth-order valence-corrected chi connectivity index (χ4v) is 3.47. The molecular formula is C18H26N6O2. The summed E-state index contributed by atoms with van der Waals surface area (Å²) in [7, 11) is 5.20. The van der Waals surface area contributed by atoms with E-state index in [9.17, 15) is 9.59 Å². The van der Waals surface area contributed by atoms with Crippen molar-refractivity contribution in [2.24, 2.45) is 13.0 Å². The first-order valence-electron chi connectivity index (χ1n) is 9.00. The molecule has 1 aliphatic carbocycles. The Hall–Kier alpha value is -2.64. The number of amides is 2. The number of rotatable bonds is 6. The van der Waals surface area contributed by atoms with Gasteiger partial charge in [0.2, 0.25) is 5.91 Å². The van der Waals surface area contributed by atoms with Crippen LogP contribution in [0.4, 0.5) is 5.82 Å². The normalized spacial score (nSPS) is 15.8. The second kappa shape index (κ2) is 7.72. The summed E-state index contributed by atoms with van der Waals surface area (Å²) in [5.74, 6) is 0.751. The van der Waals surface area contributed by atoms with Crippen LogP contribution < -0.4 is 5.32 Å². The number of aromatic nitrogens is 4. The summed E-state index contributed by atoms with van der Waals surface area (Å²) >= 11 is 0. The van der Waals surface area contributed by atoms with Gasteiger partial charge in [-0.15, -0.1) is 0 Å². The zero-order valence-corrected chi connectivity index (χ0v) is 15.6. The molecule has 0 aliphatic heterocycles. The molecule has 0 radical (unpaired) electrons. The van der Waals surface area contributed by atoms with Crippen molar-refractivity contribution < 1.29 is 9.59 Å². The molecule has 8 nitrogen and oxygen atoms in total. The molecule has 140 valence electrons. The molecule has 26 heavy (non-hydrogen) atoms. The molecule has 2 aromatic rings. The lowest BCUT2D eigenvalue weighted by Gasteiger charge is -2.20. The average molecular weight is 358 g/mol. The SMILES string of the molecule is CN(C)C(=O)c1cnn(C(CC2CCCC2)C(=O)Nc2ccn(C)n2)c1. The van der Waals surface area contributed by atoms with Gasteiger partial charge >= 0.3 is 0 Å². The van der Waals surface area contributed by atoms with E-state index in [-0.39, 0.29) is 11.8 Å². The largest absolute Gasteiger partial charge is 0.345 e. The quantitative estimate of drug-likeness (QED) is 0.857. The van der Waals surface area contributed by atoms with Gasteiger partial charge in [-0.25, -0.2) is 0 Å². The number of hydrogen-bond acceptors (Lipinski definition) is 4. The minimum absolute atomic E-state index is 0.124. The first kappa shape index (κ1) is 18.2. The van der Waals surface area contributed by atoms with E-state index in [4.69, 9.17) is 0 Å². The van der Waals surface area contributed by atoms with E-state index in [1.54, 1.807) is 49.0 Å². The minimum atomic E-state index is -0.455. The third kappa shape index (κ3) is 4.12. The zero-order chi connectivity index (χ0) is 18.7. The van der Waals surface area contributed by atoms with Crippen LogP contribution in [0, 0.1) is 5.92 Å². The topological polar surface area (TPSA) is 85.0 Å². The Morgan fingerprint density at radius 3 is 2.69 bits per heavy atom. The number of nitrogens with zero attached hydrogens (tertiary/aromatic N) is 5. The second-order valence-electron chi connectivity index (χ2n) is 7.17. The maximum atomic E-state index is 12.9. The van der Waals surface area contributed by atoms with Crippen LogP contribution >= 0.6 is 0 Å². The standard InChI is InChI=1S/C18H26N6O2/c1-22(2)18(26)14-11-19-24(12-14)15(10-13-6-4-5-7-13)17(25)20-16-8-9-23(3)21-16/h8-9,11-13,15H,4-7,10H2,1-3H3,(H,20,21,25). The maximum Gasteiger partial charge on any atom is 0.256 e. The van der Waals surface area contributed by atoms with Crippen LogP contribution in [0.15, 0.2) is 24.7 Å². The molecule has 1 aliphatic rings. The van der Waals surface area contributed by atoms with Crippen LogP contribution in [0.5, 0.6) is 0 Å². The average Bonchev–Trinajstić information content (AvgIpc) is 3.33. The highest BCUT2D eigenvalue weighted by Gasteiger charge is 2.28. The first-order chi connectivity index (χ1) is 12.4. The molecule has 1 N–H and O–H groups in total. The van der Waals surface area contributed by atoms with Crippen molar-refractivity contribution in [3.8, 4) is 0 Å². The Labute approximate surface area is 153 Å². The van der Waals surface area contributed by atoms with Gasteiger partial charge in [-0.2, -0.15) is 10.2 Å². The zero-order valence-electron chi connectivity index (χ0n) is 15.6. The Balaban J connectivity index is 1.80. The van der Waals surface area contributed by atoms with Gasteiger partial charge in [-0.3, -0.25) is 19.0 Å². The van der Waals surface area contributed by atoms with Crippen LogP contribution in [0.3, 0.4) is 0 Å². The summed E-state index contributed by atoms with van der Waals surface area (Å²) < 4.78 is 3.26. The van der Waals surface area contributed by atoms with Crippen molar-refractivity contribution in [2.45, 2.75) is 38.1 Å². The summed E-state index contributed by atoms with van der Waals surface area (Å²) in [4.78, 5) is 26.6. The van der Waals surface area contributed by atoms with Gasteiger partial charge < -0.3 is 10.2 Å². The van der Waals surface area contributed by atoms with Crippen molar-refractivity contribution in [3.05, 3.63) is 30.2 Å². The summed E-state index contributed by atoms with van der Waals surface area (Å²) in [6.07, 6.45) is 10.4. The van der Waals surface area contributed by atoms with E-state index >= 15 is 0 Å². The fraction of sp³-hybridized carbons (Fsp3) is 0.556. The van der Waals surface area contributed by atoms with Crippen LogP contribution in [-0.2, 0) is 11.8 Å². The van der Waals surface area contributed by atoms with Crippen LogP contribution in [0.2, 0.25) is 0 Å². The lowest BCUT2D eigenvalue weighted by atomic mass is 9.98. The molecule has 1 atom stereocenters. The predicted molar refractivity (Wildman–Crippen MR) is 97.7 cm³/mol. The number of aryl methyl sites for hydroxylation is 1. The smallest absolute Gasteiger partial charge is 0.256 e. The number of hydrogen-bond donors (Lipinski definition) is 1. The third-order valence-electron chi connectivity index (χ3n) is 4.87. The molecule has 0 aromatic carbocycles. The molecule has 1 unspecified atom stereocenters. The van der Waals surface area contributed by atoms with Crippen LogP contribution in [0.1, 0.15) is 48.5 Å². The van der Waals surface area contributed by atoms with Gasteiger partial charge in [-0.05, 0) is 12.3 Å². The van der Waals surface area contributed by atoms with E-state index in [1.165, 1.54) is 23.9 Å². The lowest BCUT2D eigenvalue weighted by molar-refractivity contribution is -0.120. The number of anilines is 1. The van der Waals surface area contributed by atoms with Crippen molar-refractivity contribution in [3.63, 3.8) is 0 Å². The second-order valence-corrected chi connectivity index (χ2v) is 7.17. The van der Waals surface area contributed by atoms with Gasteiger partial charge in [0.25, 0.3) is 5.91 Å². The van der Waals surface area contributed by atoms with Crippen molar-refractivity contribution >= 4 is 17.6 Å². The molecule has 2 heterocycles. The summed E-state index contributed by atoms with van der Waals surface area (Å²) in [5, 5.41) is 11.4. The van der Waals surface area contributed by atoms with Crippen molar-refractivity contribution in [1.29, 1.82) is 0 Å². The van der Waals surface area contributed by atoms with Gasteiger partial charge in [0.15, 0.2) is 5.82 Å². The number of carbonyl (C=O) groups is 2. The fourth-order valence-electron chi connectivity index (χ4n) is 3.47. The van der Waals surface area contributed by atoms with E-state index in [0.29, 0.717) is 17.3 Å².